The van der Waals surface area contributed by atoms with Crippen molar-refractivity contribution in [1.82, 2.24) is 0 Å². The molecule has 2 rings (SSSR count). The molecule has 0 atom stereocenters. The van der Waals surface area contributed by atoms with E-state index in [1.54, 1.807) is 10.4 Å². The van der Waals surface area contributed by atoms with Crippen molar-refractivity contribution in [3.8, 4) is 0 Å². The summed E-state index contributed by atoms with van der Waals surface area (Å²) in [5.74, 6) is 0. The third kappa shape index (κ3) is 2.67. The quantitative estimate of drug-likeness (QED) is 0.705. The maximum absolute atomic E-state index is 2.36. The van der Waals surface area contributed by atoms with Gasteiger partial charge in [-0.15, -0.1) is 0 Å². The van der Waals surface area contributed by atoms with E-state index >= 15 is 0 Å². The Morgan fingerprint density at radius 3 is 2.29 bits per heavy atom. The summed E-state index contributed by atoms with van der Waals surface area (Å²) in [4.78, 5) is 0. The van der Waals surface area contributed by atoms with Gasteiger partial charge in [0.2, 0.25) is 0 Å². The highest BCUT2D eigenvalue weighted by molar-refractivity contribution is 6.68. The van der Waals surface area contributed by atoms with Gasteiger partial charge in [0.05, 0.1) is 9.52 Å². The van der Waals surface area contributed by atoms with E-state index in [2.05, 4.69) is 64.1 Å². The molecular formula is C16H20Si. The van der Waals surface area contributed by atoms with Crippen LogP contribution >= 0.6 is 0 Å². The van der Waals surface area contributed by atoms with Gasteiger partial charge in [0.25, 0.3) is 0 Å². The van der Waals surface area contributed by atoms with E-state index in [-0.39, 0.29) is 9.52 Å². The lowest BCUT2D eigenvalue weighted by atomic mass is 10.1. The van der Waals surface area contributed by atoms with Gasteiger partial charge in [0.15, 0.2) is 0 Å². The van der Waals surface area contributed by atoms with Gasteiger partial charge in [-0.3, -0.25) is 0 Å². The molecule has 0 aromatic heterocycles. The van der Waals surface area contributed by atoms with Crippen LogP contribution in [0.5, 0.6) is 0 Å². The summed E-state index contributed by atoms with van der Waals surface area (Å²) in [6.45, 7) is 8.87. The van der Waals surface area contributed by atoms with Crippen molar-refractivity contribution in [3.05, 3.63) is 58.7 Å². The van der Waals surface area contributed by atoms with Crippen molar-refractivity contribution in [2.24, 2.45) is 0 Å². The zero-order valence-electron chi connectivity index (χ0n) is 11.2. The molecule has 0 radical (unpaired) electrons. The van der Waals surface area contributed by atoms with E-state index in [1.807, 2.05) is 0 Å². The van der Waals surface area contributed by atoms with Gasteiger partial charge in [-0.1, -0.05) is 57.9 Å². The van der Waals surface area contributed by atoms with Crippen molar-refractivity contribution >= 4 is 19.9 Å². The van der Waals surface area contributed by atoms with E-state index in [0.29, 0.717) is 0 Å². The summed E-state index contributed by atoms with van der Waals surface area (Å²) in [5.41, 5.74) is 5.73. The topological polar surface area (TPSA) is 0 Å². The zero-order valence-corrected chi connectivity index (χ0v) is 12.6. The predicted octanol–water partition coefficient (Wildman–Crippen LogP) is 2.04. The minimum absolute atomic E-state index is 0.335. The first kappa shape index (κ1) is 12.1. The van der Waals surface area contributed by atoms with Crippen molar-refractivity contribution in [2.75, 3.05) is 0 Å². The monoisotopic (exact) mass is 240 g/mol. The summed E-state index contributed by atoms with van der Waals surface area (Å²) in [7, 11) is -0.335. The van der Waals surface area contributed by atoms with Crippen LogP contribution in [0.2, 0.25) is 0 Å². The van der Waals surface area contributed by atoms with Crippen LogP contribution in [0.15, 0.2) is 36.4 Å². The molecule has 0 bridgehead atoms. The van der Waals surface area contributed by atoms with Crippen LogP contribution in [0.1, 0.15) is 22.3 Å². The summed E-state index contributed by atoms with van der Waals surface area (Å²) >= 11 is 0. The zero-order chi connectivity index (χ0) is 12.4. The summed E-state index contributed by atoms with van der Waals surface area (Å²) in [6, 6.07) is 13.5. The van der Waals surface area contributed by atoms with Crippen LogP contribution in [0, 0.1) is 27.7 Å². The summed E-state index contributed by atoms with van der Waals surface area (Å²) < 4.78 is 0. The van der Waals surface area contributed by atoms with E-state index < -0.39 is 0 Å². The largest absolute Gasteiger partial charge is 0.0882 e. The Balaban J connectivity index is 2.38. The molecule has 0 spiro atoms. The normalized spacial score (nSPS) is 11.3. The molecule has 0 N–H and O–H groups in total. The van der Waals surface area contributed by atoms with Gasteiger partial charge in [-0.2, -0.15) is 0 Å². The number of hydrogen-bond donors (Lipinski definition) is 0. The molecule has 2 aromatic carbocycles. The Bertz CT molecular complexity index is 541. The maximum Gasteiger partial charge on any atom is 0.0882 e. The Morgan fingerprint density at radius 2 is 1.53 bits per heavy atom. The lowest BCUT2D eigenvalue weighted by Gasteiger charge is -2.11. The Kier molecular flexibility index (Phi) is 3.48. The molecule has 2 aromatic rings. The van der Waals surface area contributed by atoms with E-state index in [0.717, 1.165) is 0 Å². The van der Waals surface area contributed by atoms with Gasteiger partial charge in [0, 0.05) is 0 Å². The Hall–Kier alpha value is -1.34. The summed E-state index contributed by atoms with van der Waals surface area (Å²) in [5, 5.41) is 3.16. The van der Waals surface area contributed by atoms with Gasteiger partial charge < -0.3 is 0 Å². The average molecular weight is 240 g/mol. The fourth-order valence-corrected chi connectivity index (χ4v) is 4.23. The van der Waals surface area contributed by atoms with Crippen LogP contribution in [-0.2, 0) is 0 Å². The fourth-order valence-electron chi connectivity index (χ4n) is 2.20. The van der Waals surface area contributed by atoms with E-state index in [4.69, 9.17) is 0 Å². The lowest BCUT2D eigenvalue weighted by molar-refractivity contribution is 1.37. The standard InChI is InChI=1S/C16H20Si/c1-11-8-9-13(3)16(10-11)17-15-7-5-6-12(2)14(15)4/h5-10H,17H2,1-4H3. The second-order valence-corrected chi connectivity index (χ2v) is 6.84. The lowest BCUT2D eigenvalue weighted by Crippen LogP contribution is -2.31. The molecule has 0 heterocycles. The molecule has 0 unspecified atom stereocenters. The SMILES string of the molecule is Cc1ccc(C)c([SiH2]c2cccc(C)c2C)c1. The highest BCUT2D eigenvalue weighted by atomic mass is 28.2. The number of rotatable bonds is 2. The number of benzene rings is 2. The fraction of sp³-hybridized carbons (Fsp3) is 0.250. The molecule has 1 heteroatoms. The minimum Gasteiger partial charge on any atom is -0.0630 e. The average Bonchev–Trinajstić information content (AvgIpc) is 2.30. The highest BCUT2D eigenvalue weighted by Crippen LogP contribution is 2.03. The van der Waals surface area contributed by atoms with Crippen molar-refractivity contribution in [2.45, 2.75) is 27.7 Å². The smallest absolute Gasteiger partial charge is 0.0630 e. The first-order chi connectivity index (χ1) is 8.08. The third-order valence-electron chi connectivity index (χ3n) is 3.60. The molecule has 17 heavy (non-hydrogen) atoms. The van der Waals surface area contributed by atoms with Gasteiger partial charge in [0.1, 0.15) is 0 Å². The van der Waals surface area contributed by atoms with Crippen molar-refractivity contribution in [1.29, 1.82) is 0 Å². The molecule has 0 aliphatic rings. The minimum atomic E-state index is -0.335. The first-order valence-electron chi connectivity index (χ1n) is 6.19. The molecule has 0 aliphatic heterocycles. The Labute approximate surface area is 107 Å². The molecule has 0 nitrogen and oxygen atoms in total. The first-order valence-corrected chi connectivity index (χ1v) is 7.60. The molecule has 0 saturated heterocycles. The number of aryl methyl sites for hydroxylation is 3. The molecule has 0 aliphatic carbocycles. The molecule has 0 amide bonds. The van der Waals surface area contributed by atoms with Crippen LogP contribution in [0.4, 0.5) is 0 Å². The van der Waals surface area contributed by atoms with Crippen LogP contribution in [-0.4, -0.2) is 9.52 Å². The third-order valence-corrected chi connectivity index (χ3v) is 5.89. The van der Waals surface area contributed by atoms with Crippen LogP contribution < -0.4 is 10.4 Å². The maximum atomic E-state index is 2.36. The second kappa shape index (κ2) is 4.88. The van der Waals surface area contributed by atoms with Crippen molar-refractivity contribution in [3.63, 3.8) is 0 Å². The Morgan fingerprint density at radius 1 is 0.765 bits per heavy atom. The van der Waals surface area contributed by atoms with E-state index in [9.17, 15) is 0 Å². The van der Waals surface area contributed by atoms with E-state index in [1.165, 1.54) is 22.3 Å². The second-order valence-electron chi connectivity index (χ2n) is 4.97. The number of hydrogen-bond acceptors (Lipinski definition) is 0. The molecule has 88 valence electrons. The van der Waals surface area contributed by atoms with Crippen molar-refractivity contribution < 1.29 is 0 Å². The molecular weight excluding hydrogens is 220 g/mol. The van der Waals surface area contributed by atoms with Crippen LogP contribution in [0.25, 0.3) is 0 Å². The highest BCUT2D eigenvalue weighted by Gasteiger charge is 2.05. The van der Waals surface area contributed by atoms with Gasteiger partial charge in [-0.25, -0.2) is 0 Å². The van der Waals surface area contributed by atoms with Gasteiger partial charge >= 0.3 is 0 Å². The van der Waals surface area contributed by atoms with Crippen LogP contribution in [0.3, 0.4) is 0 Å². The molecule has 0 fully saturated rings. The summed E-state index contributed by atoms with van der Waals surface area (Å²) in [6.07, 6.45) is 0. The molecule has 0 saturated carbocycles. The van der Waals surface area contributed by atoms with Gasteiger partial charge in [-0.05, 0) is 38.8 Å². The predicted molar refractivity (Wildman–Crippen MR) is 79.6 cm³/mol.